The lowest BCUT2D eigenvalue weighted by Crippen LogP contribution is -2.35. The Labute approximate surface area is 180 Å². The molecule has 152 valence electrons. The predicted octanol–water partition coefficient (Wildman–Crippen LogP) is 4.56. The van der Waals surface area contributed by atoms with Crippen LogP contribution in [0.25, 0.3) is 0 Å². The first-order chi connectivity index (χ1) is 13.7. The molecular weight excluding hydrogens is 452 g/mol. The highest BCUT2D eigenvalue weighted by molar-refractivity contribution is 9.10. The summed E-state index contributed by atoms with van der Waals surface area (Å²) in [6.07, 6.45) is 1.11. The fourth-order valence-corrected chi connectivity index (χ4v) is 4.83. The number of Topliss-reactive ketones (excluding diaryl/α,β-unsaturated/α-hetero) is 1. The zero-order chi connectivity index (χ0) is 21.2. The molecule has 0 amide bonds. The molecule has 3 aromatic rings. The van der Waals surface area contributed by atoms with Crippen LogP contribution < -0.4 is 4.31 Å². The van der Waals surface area contributed by atoms with E-state index in [0.717, 1.165) is 27.5 Å². The van der Waals surface area contributed by atoms with E-state index in [2.05, 4.69) is 20.5 Å². The molecule has 0 aliphatic carbocycles. The number of rotatable bonds is 7. The summed E-state index contributed by atoms with van der Waals surface area (Å²) >= 11 is 3.38. The van der Waals surface area contributed by atoms with E-state index in [1.807, 2.05) is 50.2 Å². The zero-order valence-electron chi connectivity index (χ0n) is 16.6. The SMILES string of the molecule is Cc1cc(C(=O)CN(c2ccccc2Br)S(C)(=O)=O)c(C)n1Cc1ccccc1. The van der Waals surface area contributed by atoms with Crippen LogP contribution in [0.1, 0.15) is 27.3 Å². The lowest BCUT2D eigenvalue weighted by Gasteiger charge is -2.22. The van der Waals surface area contributed by atoms with Crippen LogP contribution >= 0.6 is 15.9 Å². The largest absolute Gasteiger partial charge is 0.344 e. The lowest BCUT2D eigenvalue weighted by atomic mass is 10.1. The Kier molecular flexibility index (Phi) is 6.29. The van der Waals surface area contributed by atoms with Crippen molar-refractivity contribution in [2.45, 2.75) is 20.4 Å². The van der Waals surface area contributed by atoms with Crippen molar-refractivity contribution in [1.29, 1.82) is 0 Å². The van der Waals surface area contributed by atoms with Gasteiger partial charge in [-0.05, 0) is 53.5 Å². The molecule has 0 saturated heterocycles. The summed E-state index contributed by atoms with van der Waals surface area (Å²) in [6, 6.07) is 18.8. The maximum Gasteiger partial charge on any atom is 0.232 e. The van der Waals surface area contributed by atoms with E-state index in [1.54, 1.807) is 24.3 Å². The Bertz CT molecular complexity index is 1140. The van der Waals surface area contributed by atoms with Gasteiger partial charge in [-0.3, -0.25) is 9.10 Å². The molecule has 1 heterocycles. The number of nitrogens with zero attached hydrogens (tertiary/aromatic N) is 2. The molecule has 0 aliphatic rings. The molecule has 0 spiro atoms. The van der Waals surface area contributed by atoms with E-state index >= 15 is 0 Å². The highest BCUT2D eigenvalue weighted by Gasteiger charge is 2.25. The maximum atomic E-state index is 13.1. The summed E-state index contributed by atoms with van der Waals surface area (Å²) in [5.41, 5.74) is 3.92. The van der Waals surface area contributed by atoms with Crippen LogP contribution in [0.4, 0.5) is 5.69 Å². The van der Waals surface area contributed by atoms with Crippen molar-refractivity contribution < 1.29 is 13.2 Å². The summed E-state index contributed by atoms with van der Waals surface area (Å²) < 4.78 is 28.6. The predicted molar refractivity (Wildman–Crippen MR) is 120 cm³/mol. The third-order valence-corrected chi connectivity index (χ3v) is 6.66. The second-order valence-electron chi connectivity index (χ2n) is 7.00. The number of sulfonamides is 1. The number of hydrogen-bond donors (Lipinski definition) is 0. The van der Waals surface area contributed by atoms with E-state index in [4.69, 9.17) is 0 Å². The van der Waals surface area contributed by atoms with Crippen LogP contribution in [-0.4, -0.2) is 31.6 Å². The molecule has 2 aromatic carbocycles. The molecule has 3 rings (SSSR count). The quantitative estimate of drug-likeness (QED) is 0.471. The first-order valence-corrected chi connectivity index (χ1v) is 11.8. The monoisotopic (exact) mass is 474 g/mol. The minimum Gasteiger partial charge on any atom is -0.344 e. The van der Waals surface area contributed by atoms with Gasteiger partial charge in [-0.15, -0.1) is 0 Å². The zero-order valence-corrected chi connectivity index (χ0v) is 19.0. The Morgan fingerprint density at radius 3 is 2.28 bits per heavy atom. The molecule has 0 atom stereocenters. The van der Waals surface area contributed by atoms with E-state index in [-0.39, 0.29) is 12.3 Å². The third-order valence-electron chi connectivity index (χ3n) is 4.87. The minimum atomic E-state index is -3.63. The molecule has 1 aromatic heterocycles. The number of carbonyl (C=O) groups excluding carboxylic acids is 1. The van der Waals surface area contributed by atoms with Crippen LogP contribution in [0.3, 0.4) is 0 Å². The number of aryl methyl sites for hydroxylation is 1. The van der Waals surface area contributed by atoms with E-state index in [0.29, 0.717) is 22.3 Å². The fourth-order valence-electron chi connectivity index (χ4n) is 3.34. The number of ketones is 1. The van der Waals surface area contributed by atoms with Gasteiger partial charge in [0, 0.05) is 28.0 Å². The molecule has 29 heavy (non-hydrogen) atoms. The summed E-state index contributed by atoms with van der Waals surface area (Å²) in [4.78, 5) is 13.1. The van der Waals surface area contributed by atoms with Gasteiger partial charge in [-0.2, -0.15) is 0 Å². The van der Waals surface area contributed by atoms with Gasteiger partial charge in [-0.25, -0.2) is 8.42 Å². The average molecular weight is 475 g/mol. The molecule has 5 nitrogen and oxygen atoms in total. The highest BCUT2D eigenvalue weighted by Crippen LogP contribution is 2.28. The van der Waals surface area contributed by atoms with Crippen LogP contribution in [-0.2, 0) is 16.6 Å². The van der Waals surface area contributed by atoms with Crippen LogP contribution in [0, 0.1) is 13.8 Å². The van der Waals surface area contributed by atoms with Crippen molar-refractivity contribution >= 4 is 37.4 Å². The van der Waals surface area contributed by atoms with Crippen molar-refractivity contribution in [2.24, 2.45) is 0 Å². The summed E-state index contributed by atoms with van der Waals surface area (Å²) in [6.45, 7) is 4.25. The second kappa shape index (κ2) is 8.55. The third kappa shape index (κ3) is 4.79. The highest BCUT2D eigenvalue weighted by atomic mass is 79.9. The van der Waals surface area contributed by atoms with E-state index in [1.165, 1.54) is 0 Å². The molecule has 0 radical (unpaired) electrons. The van der Waals surface area contributed by atoms with E-state index < -0.39 is 10.0 Å². The number of aromatic nitrogens is 1. The Morgan fingerprint density at radius 2 is 1.66 bits per heavy atom. The number of halogens is 1. The minimum absolute atomic E-state index is 0.237. The fraction of sp³-hybridized carbons (Fsp3) is 0.227. The van der Waals surface area contributed by atoms with Gasteiger partial charge in [0.05, 0.1) is 18.5 Å². The van der Waals surface area contributed by atoms with E-state index in [9.17, 15) is 13.2 Å². The second-order valence-corrected chi connectivity index (χ2v) is 9.76. The van der Waals surface area contributed by atoms with Crippen LogP contribution in [0.5, 0.6) is 0 Å². The standard InChI is InChI=1S/C22H23BrN2O3S/c1-16-13-19(17(2)24(16)14-18-9-5-4-6-10-18)22(26)15-25(29(3,27)28)21-12-8-7-11-20(21)23/h4-13H,14-15H2,1-3H3. The summed E-state index contributed by atoms with van der Waals surface area (Å²) in [5, 5.41) is 0. The number of para-hydroxylation sites is 1. The average Bonchev–Trinajstić information content (AvgIpc) is 2.95. The van der Waals surface area contributed by atoms with Crippen LogP contribution in [0.15, 0.2) is 65.1 Å². The smallest absolute Gasteiger partial charge is 0.232 e. The van der Waals surface area contributed by atoms with Gasteiger partial charge in [0.15, 0.2) is 5.78 Å². The van der Waals surface area contributed by atoms with Crippen LogP contribution in [0.2, 0.25) is 0 Å². The Morgan fingerprint density at radius 1 is 1.03 bits per heavy atom. The molecular formula is C22H23BrN2O3S. The normalized spacial score (nSPS) is 11.4. The first-order valence-electron chi connectivity index (χ1n) is 9.14. The molecule has 0 fully saturated rings. The molecule has 0 N–H and O–H groups in total. The summed E-state index contributed by atoms with van der Waals surface area (Å²) in [7, 11) is -3.63. The van der Waals surface area contributed by atoms with Crippen molar-refractivity contribution in [2.75, 3.05) is 17.1 Å². The van der Waals surface area contributed by atoms with Crippen molar-refractivity contribution in [3.63, 3.8) is 0 Å². The Balaban J connectivity index is 1.92. The maximum absolute atomic E-state index is 13.1. The van der Waals surface area contributed by atoms with Gasteiger partial charge in [0.1, 0.15) is 0 Å². The molecule has 0 aliphatic heterocycles. The molecule has 0 bridgehead atoms. The molecule has 0 unspecified atom stereocenters. The number of benzene rings is 2. The van der Waals surface area contributed by atoms with Gasteiger partial charge < -0.3 is 4.57 Å². The van der Waals surface area contributed by atoms with Gasteiger partial charge in [-0.1, -0.05) is 42.5 Å². The molecule has 7 heteroatoms. The summed E-state index contributed by atoms with van der Waals surface area (Å²) in [5.74, 6) is -0.237. The number of hydrogen-bond acceptors (Lipinski definition) is 3. The first kappa shape index (κ1) is 21.3. The lowest BCUT2D eigenvalue weighted by molar-refractivity contribution is 0.100. The van der Waals surface area contributed by atoms with Gasteiger partial charge in [0.25, 0.3) is 0 Å². The number of anilines is 1. The van der Waals surface area contributed by atoms with Gasteiger partial charge in [0.2, 0.25) is 10.0 Å². The van der Waals surface area contributed by atoms with Gasteiger partial charge >= 0.3 is 0 Å². The van der Waals surface area contributed by atoms with Crippen molar-refractivity contribution in [3.8, 4) is 0 Å². The van der Waals surface area contributed by atoms with Crippen molar-refractivity contribution in [1.82, 2.24) is 4.57 Å². The van der Waals surface area contributed by atoms with Crippen molar-refractivity contribution in [3.05, 3.63) is 87.7 Å². The molecule has 0 saturated carbocycles. The Hall–Kier alpha value is -2.38. The topological polar surface area (TPSA) is 59.4 Å². The number of carbonyl (C=O) groups is 1.